The summed E-state index contributed by atoms with van der Waals surface area (Å²) in [4.78, 5) is 23.8. The number of alkyl halides is 1. The second kappa shape index (κ2) is 12.9. The fourth-order valence-electron chi connectivity index (χ4n) is 6.50. The number of likely N-dealkylation sites (tertiary alicyclic amines) is 1. The molecule has 2 aromatic heterocycles. The van der Waals surface area contributed by atoms with E-state index in [0.29, 0.717) is 11.5 Å². The number of carbonyl (C=O) groups excluding carboxylic acids is 1. The fraction of sp³-hybridized carbons (Fsp3) is 0.184. The van der Waals surface area contributed by atoms with Gasteiger partial charge in [-0.15, -0.1) is 0 Å². The van der Waals surface area contributed by atoms with Crippen molar-refractivity contribution in [3.63, 3.8) is 0 Å². The molecule has 3 heterocycles. The zero-order valence-electron chi connectivity index (χ0n) is 25.2. The molecule has 0 bridgehead atoms. The van der Waals surface area contributed by atoms with E-state index in [1.165, 1.54) is 6.33 Å². The largest absolute Gasteiger partial charge is 0.445 e. The third kappa shape index (κ3) is 5.47. The van der Waals surface area contributed by atoms with Crippen molar-refractivity contribution in [1.82, 2.24) is 19.4 Å². The Morgan fingerprint density at radius 1 is 0.804 bits per heavy atom. The van der Waals surface area contributed by atoms with Crippen LogP contribution in [0, 0.1) is 0 Å². The van der Waals surface area contributed by atoms with Crippen molar-refractivity contribution in [2.75, 3.05) is 18.4 Å². The number of benzene rings is 4. The van der Waals surface area contributed by atoms with Crippen molar-refractivity contribution in [2.24, 2.45) is 0 Å². The van der Waals surface area contributed by atoms with Crippen LogP contribution in [0.5, 0.6) is 0 Å². The van der Waals surface area contributed by atoms with Gasteiger partial charge in [-0.25, -0.2) is 19.2 Å². The number of halogens is 1. The molecule has 1 aliphatic heterocycles. The Hall–Kier alpha value is -5.50. The molecular formula is C38H34FN5O2. The lowest BCUT2D eigenvalue weighted by molar-refractivity contribution is 0.0730. The number of piperidine rings is 1. The predicted molar refractivity (Wildman–Crippen MR) is 177 cm³/mol. The summed E-state index contributed by atoms with van der Waals surface area (Å²) in [6.45, 7) is 0.610. The molecular weight excluding hydrogens is 577 g/mol. The first kappa shape index (κ1) is 29.2. The second-order valence-electron chi connectivity index (χ2n) is 11.5. The maximum atomic E-state index is 15.4. The number of nitrogens with zero attached hydrogens (tertiary/aromatic N) is 4. The van der Waals surface area contributed by atoms with Gasteiger partial charge >= 0.3 is 6.09 Å². The minimum atomic E-state index is -1.16. The molecule has 1 aliphatic rings. The Morgan fingerprint density at radius 3 is 1.96 bits per heavy atom. The molecule has 6 aromatic rings. The van der Waals surface area contributed by atoms with Crippen LogP contribution in [0.15, 0.2) is 140 Å². The molecule has 1 saturated heterocycles. The van der Waals surface area contributed by atoms with E-state index in [2.05, 4.69) is 51.3 Å². The Morgan fingerprint density at radius 2 is 1.37 bits per heavy atom. The molecule has 0 spiro atoms. The number of anilines is 1. The van der Waals surface area contributed by atoms with Crippen molar-refractivity contribution < 1.29 is 13.9 Å². The molecule has 230 valence electrons. The first-order valence-electron chi connectivity index (χ1n) is 15.5. The van der Waals surface area contributed by atoms with Gasteiger partial charge < -0.3 is 19.5 Å². The van der Waals surface area contributed by atoms with Gasteiger partial charge in [0.1, 0.15) is 36.1 Å². The van der Waals surface area contributed by atoms with Crippen LogP contribution in [-0.4, -0.2) is 50.8 Å². The second-order valence-corrected chi connectivity index (χ2v) is 11.5. The highest BCUT2D eigenvalue weighted by Crippen LogP contribution is 2.43. The number of nitrogens with one attached hydrogen (secondary N) is 1. The maximum Gasteiger partial charge on any atom is 0.410 e. The molecule has 2 atom stereocenters. The molecule has 4 aromatic carbocycles. The third-order valence-corrected chi connectivity index (χ3v) is 8.73. The Labute approximate surface area is 267 Å². The van der Waals surface area contributed by atoms with E-state index in [1.807, 2.05) is 97.2 Å². The molecule has 0 saturated carbocycles. The average Bonchev–Trinajstić information content (AvgIpc) is 3.56. The van der Waals surface area contributed by atoms with Crippen LogP contribution in [0.3, 0.4) is 0 Å². The van der Waals surface area contributed by atoms with Crippen LogP contribution >= 0.6 is 0 Å². The normalized spacial score (nSPS) is 16.7. The molecule has 1 N–H and O–H groups in total. The highest BCUT2D eigenvalue weighted by Gasteiger charge is 2.40. The SMILES string of the molecule is O=C(OCc1ccccc1)N1CC[C@H](F)[C@@H](Nc2ncnc3c2ccn3C(c2ccccc2)(c2ccccc2)c2ccccc2)C1. The monoisotopic (exact) mass is 611 g/mol. The standard InChI is InChI=1S/C38H34FN5O2/c39-33-22-23-43(37(45)46-26-28-13-5-1-6-14-28)25-34(33)42-35-32-21-24-44(36(32)41-27-40-35)38(29-15-7-2-8-16-29,30-17-9-3-10-18-30)31-19-11-4-12-20-31/h1-21,24,27,33-34H,22-23,25-26H2,(H,40,41,42)/t33-,34-/m0/s1. The quantitative estimate of drug-likeness (QED) is 0.181. The molecule has 7 rings (SSSR count). The van der Waals surface area contributed by atoms with E-state index in [0.717, 1.165) is 27.6 Å². The Bertz CT molecular complexity index is 1800. The smallest absolute Gasteiger partial charge is 0.410 e. The summed E-state index contributed by atoms with van der Waals surface area (Å²) in [5.74, 6) is 0.513. The summed E-state index contributed by atoms with van der Waals surface area (Å²) in [6.07, 6.45) is 2.11. The minimum Gasteiger partial charge on any atom is -0.445 e. The van der Waals surface area contributed by atoms with Gasteiger partial charge in [0.15, 0.2) is 0 Å². The summed E-state index contributed by atoms with van der Waals surface area (Å²) in [5, 5.41) is 4.08. The number of rotatable bonds is 8. The van der Waals surface area contributed by atoms with Crippen LogP contribution in [0.1, 0.15) is 28.7 Å². The molecule has 0 aliphatic carbocycles. The molecule has 8 heteroatoms. The van der Waals surface area contributed by atoms with E-state index in [4.69, 9.17) is 9.72 Å². The lowest BCUT2D eigenvalue weighted by Crippen LogP contribution is -2.51. The van der Waals surface area contributed by atoms with Crippen molar-refractivity contribution in [1.29, 1.82) is 0 Å². The Kier molecular flexibility index (Phi) is 8.16. The van der Waals surface area contributed by atoms with Crippen LogP contribution in [0.4, 0.5) is 15.0 Å². The highest BCUT2D eigenvalue weighted by molar-refractivity contribution is 5.88. The number of hydrogen-bond acceptors (Lipinski definition) is 5. The summed E-state index contributed by atoms with van der Waals surface area (Å²) < 4.78 is 23.1. The third-order valence-electron chi connectivity index (χ3n) is 8.73. The van der Waals surface area contributed by atoms with Gasteiger partial charge in [-0.3, -0.25) is 0 Å². The lowest BCUT2D eigenvalue weighted by atomic mass is 9.76. The molecule has 46 heavy (non-hydrogen) atoms. The molecule has 0 radical (unpaired) electrons. The first-order chi connectivity index (χ1) is 22.6. The van der Waals surface area contributed by atoms with Gasteiger partial charge in [0.2, 0.25) is 0 Å². The zero-order valence-corrected chi connectivity index (χ0v) is 25.2. The number of hydrogen-bond donors (Lipinski definition) is 1. The number of fused-ring (bicyclic) bond motifs is 1. The number of carbonyl (C=O) groups is 1. The van der Waals surface area contributed by atoms with Gasteiger partial charge in [-0.05, 0) is 34.7 Å². The van der Waals surface area contributed by atoms with E-state index in [1.54, 1.807) is 4.90 Å². The summed E-state index contributed by atoms with van der Waals surface area (Å²) in [6, 6.07) is 41.9. The Balaban J connectivity index is 1.24. The topological polar surface area (TPSA) is 72.3 Å². The van der Waals surface area contributed by atoms with Crippen molar-refractivity contribution in [3.05, 3.63) is 162 Å². The minimum absolute atomic E-state index is 0.156. The molecule has 1 fully saturated rings. The summed E-state index contributed by atoms with van der Waals surface area (Å²) in [5.41, 5.74) is 4.04. The van der Waals surface area contributed by atoms with Gasteiger partial charge in [0.05, 0.1) is 11.4 Å². The van der Waals surface area contributed by atoms with Crippen molar-refractivity contribution >= 4 is 22.9 Å². The van der Waals surface area contributed by atoms with Crippen LogP contribution < -0.4 is 5.32 Å². The van der Waals surface area contributed by atoms with Crippen molar-refractivity contribution in [2.45, 2.75) is 30.8 Å². The number of ether oxygens (including phenoxy) is 1. The highest BCUT2D eigenvalue weighted by atomic mass is 19.1. The average molecular weight is 612 g/mol. The zero-order chi connectivity index (χ0) is 31.3. The predicted octanol–water partition coefficient (Wildman–Crippen LogP) is 7.43. The van der Waals surface area contributed by atoms with Gasteiger partial charge in [-0.1, -0.05) is 121 Å². The summed E-state index contributed by atoms with van der Waals surface area (Å²) >= 11 is 0. The maximum absolute atomic E-state index is 15.4. The van der Waals surface area contributed by atoms with Crippen molar-refractivity contribution in [3.8, 4) is 0 Å². The van der Waals surface area contributed by atoms with Gasteiger partial charge in [0.25, 0.3) is 0 Å². The van der Waals surface area contributed by atoms with E-state index in [-0.39, 0.29) is 26.1 Å². The van der Waals surface area contributed by atoms with Crippen LogP contribution in [0.25, 0.3) is 11.0 Å². The summed E-state index contributed by atoms with van der Waals surface area (Å²) in [7, 11) is 0. The van der Waals surface area contributed by atoms with Crippen LogP contribution in [0.2, 0.25) is 0 Å². The van der Waals surface area contributed by atoms with Gasteiger partial charge in [-0.2, -0.15) is 0 Å². The van der Waals surface area contributed by atoms with E-state index >= 15 is 4.39 Å². The van der Waals surface area contributed by atoms with Gasteiger partial charge in [0, 0.05) is 19.3 Å². The lowest BCUT2D eigenvalue weighted by Gasteiger charge is -2.38. The van der Waals surface area contributed by atoms with E-state index < -0.39 is 23.8 Å². The number of aromatic nitrogens is 3. The van der Waals surface area contributed by atoms with Crippen LogP contribution in [-0.2, 0) is 16.9 Å². The fourth-order valence-corrected chi connectivity index (χ4v) is 6.50. The first-order valence-corrected chi connectivity index (χ1v) is 15.5. The molecule has 1 amide bonds. The number of amides is 1. The van der Waals surface area contributed by atoms with E-state index in [9.17, 15) is 4.79 Å². The molecule has 0 unspecified atom stereocenters. The molecule has 7 nitrogen and oxygen atoms in total.